The molecule has 0 saturated carbocycles. The van der Waals surface area contributed by atoms with E-state index in [9.17, 15) is 14.7 Å². The van der Waals surface area contributed by atoms with Gasteiger partial charge in [0.2, 0.25) is 0 Å². The molecule has 1 N–H and O–H groups in total. The molecule has 0 amide bonds. The van der Waals surface area contributed by atoms with Gasteiger partial charge in [0, 0.05) is 25.8 Å². The van der Waals surface area contributed by atoms with Crippen molar-refractivity contribution in [1.82, 2.24) is 9.47 Å². The van der Waals surface area contributed by atoms with E-state index >= 15 is 0 Å². The number of carbonyl (C=O) groups is 1. The largest absolute Gasteiger partial charge is 0.487 e. The molecule has 1 saturated heterocycles. The average molecular weight is 324 g/mol. The van der Waals surface area contributed by atoms with Crippen molar-refractivity contribution in [3.63, 3.8) is 0 Å². The number of carboxylic acid groups (broad SMARTS) is 1. The zero-order chi connectivity index (χ0) is 16.8. The van der Waals surface area contributed by atoms with Gasteiger partial charge in [0.25, 0.3) is 5.56 Å². The molecule has 1 aliphatic heterocycles. The van der Waals surface area contributed by atoms with Crippen molar-refractivity contribution in [3.05, 3.63) is 28.7 Å². The highest BCUT2D eigenvalue weighted by Crippen LogP contribution is 2.17. The standard InChI is InChI=1S/C16H24N2O5/c1-12(2)14(16(20)21)18-5-3-4-13(15(18)19)23-11-8-17-6-9-22-10-7-17/h3-5,12,14H,6-11H2,1-2H3,(H,20,21). The summed E-state index contributed by atoms with van der Waals surface area (Å²) >= 11 is 0. The number of ether oxygens (including phenoxy) is 2. The van der Waals surface area contributed by atoms with Crippen LogP contribution in [-0.4, -0.2) is 60.0 Å². The number of hydrogen-bond donors (Lipinski definition) is 1. The highest BCUT2D eigenvalue weighted by molar-refractivity contribution is 5.72. The molecule has 1 aromatic rings. The quantitative estimate of drug-likeness (QED) is 0.800. The lowest BCUT2D eigenvalue weighted by Crippen LogP contribution is -2.39. The minimum atomic E-state index is -1.02. The summed E-state index contributed by atoms with van der Waals surface area (Å²) < 4.78 is 12.1. The van der Waals surface area contributed by atoms with Gasteiger partial charge in [-0.25, -0.2) is 4.79 Å². The zero-order valence-electron chi connectivity index (χ0n) is 13.6. The van der Waals surface area contributed by atoms with Crippen molar-refractivity contribution in [1.29, 1.82) is 0 Å². The van der Waals surface area contributed by atoms with Gasteiger partial charge in [-0.3, -0.25) is 14.3 Å². The predicted octanol–water partition coefficient (Wildman–Crippen LogP) is 0.841. The van der Waals surface area contributed by atoms with Gasteiger partial charge in [-0.1, -0.05) is 13.8 Å². The Morgan fingerprint density at radius 3 is 2.70 bits per heavy atom. The van der Waals surface area contributed by atoms with Crippen LogP contribution in [0.2, 0.25) is 0 Å². The van der Waals surface area contributed by atoms with Gasteiger partial charge in [0.05, 0.1) is 13.2 Å². The lowest BCUT2D eigenvalue weighted by Gasteiger charge is -2.26. The molecule has 0 aromatic carbocycles. The van der Waals surface area contributed by atoms with Crippen LogP contribution in [0.15, 0.2) is 23.1 Å². The lowest BCUT2D eigenvalue weighted by molar-refractivity contribution is -0.142. The molecule has 2 heterocycles. The molecule has 23 heavy (non-hydrogen) atoms. The van der Waals surface area contributed by atoms with Gasteiger partial charge in [-0.15, -0.1) is 0 Å². The van der Waals surface area contributed by atoms with Gasteiger partial charge < -0.3 is 14.6 Å². The van der Waals surface area contributed by atoms with E-state index in [0.29, 0.717) is 26.4 Å². The molecule has 7 heteroatoms. The van der Waals surface area contributed by atoms with Crippen molar-refractivity contribution >= 4 is 5.97 Å². The number of morpholine rings is 1. The summed E-state index contributed by atoms with van der Waals surface area (Å²) in [5.74, 6) is -1.03. The summed E-state index contributed by atoms with van der Waals surface area (Å²) in [4.78, 5) is 26.1. The number of aromatic nitrogens is 1. The Bertz CT molecular complexity index is 578. The monoisotopic (exact) mass is 324 g/mol. The molecule has 1 aromatic heterocycles. The number of rotatable bonds is 7. The van der Waals surface area contributed by atoms with Crippen LogP contribution in [0.3, 0.4) is 0 Å². The molecule has 0 bridgehead atoms. The predicted molar refractivity (Wildman–Crippen MR) is 85.0 cm³/mol. The van der Waals surface area contributed by atoms with Gasteiger partial charge in [0.15, 0.2) is 5.75 Å². The molecule has 1 aliphatic rings. The van der Waals surface area contributed by atoms with Crippen LogP contribution >= 0.6 is 0 Å². The first-order valence-electron chi connectivity index (χ1n) is 7.87. The topological polar surface area (TPSA) is 81.0 Å². The van der Waals surface area contributed by atoms with Gasteiger partial charge in [0.1, 0.15) is 12.6 Å². The molecular weight excluding hydrogens is 300 g/mol. The maximum atomic E-state index is 12.4. The maximum absolute atomic E-state index is 12.4. The number of aliphatic carboxylic acids is 1. The van der Waals surface area contributed by atoms with E-state index in [4.69, 9.17) is 9.47 Å². The number of nitrogens with zero attached hydrogens (tertiary/aromatic N) is 2. The zero-order valence-corrected chi connectivity index (χ0v) is 13.6. The van der Waals surface area contributed by atoms with E-state index in [1.54, 1.807) is 26.0 Å². The highest BCUT2D eigenvalue weighted by atomic mass is 16.5. The SMILES string of the molecule is CC(C)C(C(=O)O)n1cccc(OCCN2CCOCC2)c1=O. The summed E-state index contributed by atoms with van der Waals surface area (Å²) in [6.07, 6.45) is 1.50. The fourth-order valence-electron chi connectivity index (χ4n) is 2.65. The van der Waals surface area contributed by atoms with Crippen LogP contribution in [0.1, 0.15) is 19.9 Å². The van der Waals surface area contributed by atoms with Gasteiger partial charge in [-0.2, -0.15) is 0 Å². The summed E-state index contributed by atoms with van der Waals surface area (Å²) in [6.45, 7) is 7.80. The Morgan fingerprint density at radius 2 is 2.09 bits per heavy atom. The third-order valence-corrected chi connectivity index (χ3v) is 3.89. The first-order valence-corrected chi connectivity index (χ1v) is 7.87. The Morgan fingerprint density at radius 1 is 1.39 bits per heavy atom. The van der Waals surface area contributed by atoms with E-state index in [-0.39, 0.29) is 11.7 Å². The molecule has 128 valence electrons. The molecule has 1 atom stereocenters. The number of pyridine rings is 1. The van der Waals surface area contributed by atoms with Crippen LogP contribution in [0.5, 0.6) is 5.75 Å². The first-order chi connectivity index (χ1) is 11.0. The Hall–Kier alpha value is -1.86. The fraction of sp³-hybridized carbons (Fsp3) is 0.625. The molecule has 1 unspecified atom stereocenters. The summed E-state index contributed by atoms with van der Waals surface area (Å²) in [6, 6.07) is 2.33. The average Bonchev–Trinajstić information content (AvgIpc) is 2.51. The van der Waals surface area contributed by atoms with Crippen molar-refractivity contribution in [2.24, 2.45) is 5.92 Å². The van der Waals surface area contributed by atoms with Crippen LogP contribution in [-0.2, 0) is 9.53 Å². The van der Waals surface area contributed by atoms with Crippen molar-refractivity contribution < 1.29 is 19.4 Å². The molecule has 7 nitrogen and oxygen atoms in total. The fourth-order valence-corrected chi connectivity index (χ4v) is 2.65. The molecule has 0 radical (unpaired) electrons. The summed E-state index contributed by atoms with van der Waals surface area (Å²) in [7, 11) is 0. The smallest absolute Gasteiger partial charge is 0.327 e. The van der Waals surface area contributed by atoms with Gasteiger partial charge in [-0.05, 0) is 18.1 Å². The minimum Gasteiger partial charge on any atom is -0.487 e. The Kier molecular flexibility index (Phi) is 6.18. The van der Waals surface area contributed by atoms with E-state index < -0.39 is 17.6 Å². The van der Waals surface area contributed by atoms with Gasteiger partial charge >= 0.3 is 5.97 Å². The minimum absolute atomic E-state index is 0.188. The number of carboxylic acids is 1. The molecule has 2 rings (SSSR count). The highest BCUT2D eigenvalue weighted by Gasteiger charge is 2.25. The lowest BCUT2D eigenvalue weighted by atomic mass is 10.0. The van der Waals surface area contributed by atoms with E-state index in [0.717, 1.165) is 13.1 Å². The Labute approximate surface area is 135 Å². The van der Waals surface area contributed by atoms with Crippen LogP contribution in [0.4, 0.5) is 0 Å². The third-order valence-electron chi connectivity index (χ3n) is 3.89. The molecule has 0 spiro atoms. The van der Waals surface area contributed by atoms with Crippen molar-refractivity contribution in [3.8, 4) is 5.75 Å². The van der Waals surface area contributed by atoms with Crippen LogP contribution < -0.4 is 10.3 Å². The van der Waals surface area contributed by atoms with Crippen molar-refractivity contribution in [2.75, 3.05) is 39.5 Å². The second-order valence-electron chi connectivity index (χ2n) is 5.91. The molecule has 0 aliphatic carbocycles. The summed E-state index contributed by atoms with van der Waals surface area (Å²) in [5.41, 5.74) is -0.407. The Balaban J connectivity index is 2.04. The van der Waals surface area contributed by atoms with Crippen LogP contribution in [0, 0.1) is 5.92 Å². The van der Waals surface area contributed by atoms with E-state index in [1.807, 2.05) is 0 Å². The van der Waals surface area contributed by atoms with E-state index in [2.05, 4.69) is 4.90 Å². The maximum Gasteiger partial charge on any atom is 0.327 e. The van der Waals surface area contributed by atoms with Crippen LogP contribution in [0.25, 0.3) is 0 Å². The number of hydrogen-bond acceptors (Lipinski definition) is 5. The summed E-state index contributed by atoms with van der Waals surface area (Å²) in [5, 5.41) is 9.34. The molecule has 1 fully saturated rings. The molecular formula is C16H24N2O5. The third kappa shape index (κ3) is 4.56. The van der Waals surface area contributed by atoms with Crippen molar-refractivity contribution in [2.45, 2.75) is 19.9 Å². The van der Waals surface area contributed by atoms with E-state index in [1.165, 1.54) is 10.8 Å². The second kappa shape index (κ2) is 8.12. The second-order valence-corrected chi connectivity index (χ2v) is 5.91. The normalized spacial score (nSPS) is 17.2. The first kappa shape index (κ1) is 17.5.